The Kier molecular flexibility index (Phi) is 5.63. The van der Waals surface area contributed by atoms with Crippen LogP contribution in [0.1, 0.15) is 26.5 Å². The molecule has 0 fully saturated rings. The van der Waals surface area contributed by atoms with Crippen molar-refractivity contribution in [3.8, 4) is 0 Å². The lowest BCUT2D eigenvalue weighted by molar-refractivity contribution is 0.581. The van der Waals surface area contributed by atoms with Gasteiger partial charge in [0.2, 0.25) is 0 Å². The Labute approximate surface area is 115 Å². The normalized spacial score (nSPS) is 10.8. The van der Waals surface area contributed by atoms with Crippen LogP contribution in [-0.4, -0.2) is 24.6 Å². The molecule has 18 heavy (non-hydrogen) atoms. The molecule has 0 aliphatic carbocycles. The van der Waals surface area contributed by atoms with E-state index >= 15 is 0 Å². The van der Waals surface area contributed by atoms with E-state index < -0.39 is 0 Å². The molecule has 100 valence electrons. The summed E-state index contributed by atoms with van der Waals surface area (Å²) in [6.45, 7) is 11.6. The van der Waals surface area contributed by atoms with Gasteiger partial charge in [0, 0.05) is 26.2 Å². The van der Waals surface area contributed by atoms with Crippen molar-refractivity contribution in [3.63, 3.8) is 0 Å². The van der Waals surface area contributed by atoms with Crippen molar-refractivity contribution in [1.82, 2.24) is 10.3 Å². The number of likely N-dealkylation sites (N-methyl/N-ethyl adjacent to an activating group) is 1. The molecule has 1 N–H and O–H groups in total. The summed E-state index contributed by atoms with van der Waals surface area (Å²) < 4.78 is 0. The van der Waals surface area contributed by atoms with Gasteiger partial charge in [0.1, 0.15) is 5.82 Å². The topological polar surface area (TPSA) is 28.2 Å². The number of halogens is 1. The van der Waals surface area contributed by atoms with Crippen molar-refractivity contribution in [2.75, 3.05) is 18.5 Å². The smallest absolute Gasteiger partial charge is 0.129 e. The Morgan fingerprint density at radius 2 is 2.17 bits per heavy atom. The molecule has 0 unspecified atom stereocenters. The van der Waals surface area contributed by atoms with Crippen LogP contribution in [0.5, 0.6) is 0 Å². The first-order valence-electron chi connectivity index (χ1n) is 6.14. The number of hydrogen-bond donors (Lipinski definition) is 1. The minimum absolute atomic E-state index is 0.416. The van der Waals surface area contributed by atoms with Gasteiger partial charge in [-0.05, 0) is 19.1 Å². The van der Waals surface area contributed by atoms with Crippen LogP contribution in [0.25, 0.3) is 0 Å². The highest BCUT2D eigenvalue weighted by atomic mass is 35.5. The number of nitrogens with one attached hydrogen (secondary N) is 1. The van der Waals surface area contributed by atoms with Crippen molar-refractivity contribution >= 4 is 17.4 Å². The molecule has 1 rings (SSSR count). The van der Waals surface area contributed by atoms with E-state index in [9.17, 15) is 0 Å². The summed E-state index contributed by atoms with van der Waals surface area (Å²) in [5.41, 5.74) is 1.99. The van der Waals surface area contributed by atoms with Crippen molar-refractivity contribution in [1.29, 1.82) is 0 Å². The molecule has 1 aromatic heterocycles. The fourth-order valence-corrected chi connectivity index (χ4v) is 1.77. The van der Waals surface area contributed by atoms with Crippen LogP contribution in [0.4, 0.5) is 5.82 Å². The molecule has 0 saturated carbocycles. The summed E-state index contributed by atoms with van der Waals surface area (Å²) >= 11 is 6.15. The molecular weight excluding hydrogens is 246 g/mol. The molecular formula is C14H22ClN3. The van der Waals surface area contributed by atoms with E-state index in [-0.39, 0.29) is 0 Å². The number of hydrogen-bond acceptors (Lipinski definition) is 3. The third-order valence-electron chi connectivity index (χ3n) is 2.48. The van der Waals surface area contributed by atoms with Crippen LogP contribution in [0.3, 0.4) is 0 Å². The molecule has 0 saturated heterocycles. The van der Waals surface area contributed by atoms with Crippen molar-refractivity contribution in [2.24, 2.45) is 0 Å². The summed E-state index contributed by atoms with van der Waals surface area (Å²) in [6, 6.07) is 4.25. The van der Waals surface area contributed by atoms with Crippen LogP contribution in [0, 0.1) is 0 Å². The highest BCUT2D eigenvalue weighted by Gasteiger charge is 2.08. The molecule has 0 atom stereocenters. The molecule has 0 radical (unpaired) electrons. The molecule has 0 bridgehead atoms. The predicted octanol–water partition coefficient (Wildman–Crippen LogP) is 3.25. The van der Waals surface area contributed by atoms with Crippen LogP contribution >= 0.6 is 11.6 Å². The lowest BCUT2D eigenvalue weighted by Gasteiger charge is -2.19. The second-order valence-corrected chi connectivity index (χ2v) is 5.35. The zero-order chi connectivity index (χ0) is 13.7. The minimum atomic E-state index is 0.416. The maximum Gasteiger partial charge on any atom is 0.129 e. The number of aromatic nitrogens is 1. The standard InChI is InChI=1S/C14H22ClN3/c1-10(2)9-18(5)14-7-6-12(15)13(17-14)8-16-11(3)4/h6-7,11,16H,1,8-9H2,2-5H3. The maximum atomic E-state index is 6.15. The van der Waals surface area contributed by atoms with E-state index in [1.807, 2.05) is 26.1 Å². The summed E-state index contributed by atoms with van der Waals surface area (Å²) in [6.07, 6.45) is 0. The molecule has 0 amide bonds. The fraction of sp³-hybridized carbons (Fsp3) is 0.500. The Morgan fingerprint density at radius 1 is 1.50 bits per heavy atom. The Morgan fingerprint density at radius 3 is 2.72 bits per heavy atom. The van der Waals surface area contributed by atoms with E-state index in [0.29, 0.717) is 17.6 Å². The largest absolute Gasteiger partial charge is 0.356 e. The van der Waals surface area contributed by atoms with Gasteiger partial charge in [0.05, 0.1) is 10.7 Å². The van der Waals surface area contributed by atoms with Crippen molar-refractivity contribution in [2.45, 2.75) is 33.4 Å². The molecule has 1 heterocycles. The van der Waals surface area contributed by atoms with E-state index in [1.54, 1.807) is 0 Å². The Bertz CT molecular complexity index is 416. The van der Waals surface area contributed by atoms with E-state index in [0.717, 1.165) is 23.6 Å². The summed E-state index contributed by atoms with van der Waals surface area (Å²) in [5, 5.41) is 4.03. The average Bonchev–Trinajstić information content (AvgIpc) is 2.26. The second kappa shape index (κ2) is 6.76. The minimum Gasteiger partial charge on any atom is -0.356 e. The number of anilines is 1. The average molecular weight is 268 g/mol. The van der Waals surface area contributed by atoms with Gasteiger partial charge in [0.25, 0.3) is 0 Å². The van der Waals surface area contributed by atoms with Gasteiger partial charge in [-0.2, -0.15) is 0 Å². The van der Waals surface area contributed by atoms with E-state index in [1.165, 1.54) is 0 Å². The number of pyridine rings is 1. The second-order valence-electron chi connectivity index (χ2n) is 4.95. The van der Waals surface area contributed by atoms with Gasteiger partial charge in [0.15, 0.2) is 0 Å². The van der Waals surface area contributed by atoms with Gasteiger partial charge in [-0.3, -0.25) is 0 Å². The first-order chi connectivity index (χ1) is 8.40. The molecule has 0 aliphatic rings. The van der Waals surface area contributed by atoms with Crippen molar-refractivity contribution < 1.29 is 0 Å². The van der Waals surface area contributed by atoms with Crippen LogP contribution < -0.4 is 10.2 Å². The van der Waals surface area contributed by atoms with E-state index in [4.69, 9.17) is 11.6 Å². The van der Waals surface area contributed by atoms with Crippen molar-refractivity contribution in [3.05, 3.63) is 35.0 Å². The predicted molar refractivity (Wildman–Crippen MR) is 79.3 cm³/mol. The van der Waals surface area contributed by atoms with Gasteiger partial charge in [-0.15, -0.1) is 0 Å². The van der Waals surface area contributed by atoms with Crippen LogP contribution in [-0.2, 0) is 6.54 Å². The third-order valence-corrected chi connectivity index (χ3v) is 2.82. The van der Waals surface area contributed by atoms with Crippen LogP contribution in [0.2, 0.25) is 5.02 Å². The lowest BCUT2D eigenvalue weighted by atomic mass is 10.3. The fourth-order valence-electron chi connectivity index (χ4n) is 1.60. The number of nitrogens with zero attached hydrogens (tertiary/aromatic N) is 2. The first kappa shape index (κ1) is 15.0. The lowest BCUT2D eigenvalue weighted by Crippen LogP contribution is -2.24. The van der Waals surface area contributed by atoms with Gasteiger partial charge < -0.3 is 10.2 Å². The third kappa shape index (κ3) is 4.67. The molecule has 0 aliphatic heterocycles. The monoisotopic (exact) mass is 267 g/mol. The van der Waals surface area contributed by atoms with Crippen LogP contribution in [0.15, 0.2) is 24.3 Å². The Balaban J connectivity index is 2.82. The molecule has 0 spiro atoms. The first-order valence-corrected chi connectivity index (χ1v) is 6.52. The number of rotatable bonds is 6. The highest BCUT2D eigenvalue weighted by molar-refractivity contribution is 6.31. The molecule has 4 heteroatoms. The zero-order valence-electron chi connectivity index (χ0n) is 11.6. The summed E-state index contributed by atoms with van der Waals surface area (Å²) in [5.74, 6) is 0.919. The maximum absolute atomic E-state index is 6.15. The molecule has 1 aromatic rings. The van der Waals surface area contributed by atoms with Gasteiger partial charge >= 0.3 is 0 Å². The quantitative estimate of drug-likeness (QED) is 0.802. The summed E-state index contributed by atoms with van der Waals surface area (Å²) in [4.78, 5) is 6.65. The van der Waals surface area contributed by atoms with E-state index in [2.05, 4.69) is 35.6 Å². The van der Waals surface area contributed by atoms with Gasteiger partial charge in [-0.25, -0.2) is 4.98 Å². The zero-order valence-corrected chi connectivity index (χ0v) is 12.4. The SMILES string of the molecule is C=C(C)CN(C)c1ccc(Cl)c(CNC(C)C)n1. The molecule has 3 nitrogen and oxygen atoms in total. The summed E-state index contributed by atoms with van der Waals surface area (Å²) in [7, 11) is 2.00. The van der Waals surface area contributed by atoms with Gasteiger partial charge in [-0.1, -0.05) is 37.6 Å². The molecule has 0 aromatic carbocycles. The highest BCUT2D eigenvalue weighted by Crippen LogP contribution is 2.19. The Hall–Kier alpha value is -1.06.